The van der Waals surface area contributed by atoms with Gasteiger partial charge in [-0.15, -0.1) is 0 Å². The molecular formula is C28H41NO3. The van der Waals surface area contributed by atoms with Crippen LogP contribution in [0.15, 0.2) is 66.7 Å². The van der Waals surface area contributed by atoms with Crippen LogP contribution in [0.4, 0.5) is 5.69 Å². The first-order valence-corrected chi connectivity index (χ1v) is 11.6. The molecule has 3 aromatic carbocycles. The molecule has 3 rings (SSSR count). The van der Waals surface area contributed by atoms with E-state index in [9.17, 15) is 0 Å². The summed E-state index contributed by atoms with van der Waals surface area (Å²) in [4.78, 5) is 2.10. The van der Waals surface area contributed by atoms with Crippen molar-refractivity contribution in [2.24, 2.45) is 0 Å². The number of aryl methyl sites for hydroxylation is 1. The lowest BCUT2D eigenvalue weighted by molar-refractivity contribution is 0.0366. The molecule has 0 saturated heterocycles. The predicted molar refractivity (Wildman–Crippen MR) is 138 cm³/mol. The average Bonchev–Trinajstić information content (AvgIpc) is 2.83. The smallest absolute Gasteiger partial charge is 0.120 e. The third-order valence-electron chi connectivity index (χ3n) is 4.49. The fraction of sp³-hybridized carbons (Fsp3) is 0.429. The van der Waals surface area contributed by atoms with E-state index in [0.717, 1.165) is 18.8 Å². The van der Waals surface area contributed by atoms with Crippen molar-refractivity contribution in [2.75, 3.05) is 52.0 Å². The Kier molecular flexibility index (Phi) is 14.6. The molecule has 0 spiro atoms. The molecule has 0 atom stereocenters. The summed E-state index contributed by atoms with van der Waals surface area (Å²) >= 11 is 0. The van der Waals surface area contributed by atoms with Crippen LogP contribution in [0.1, 0.15) is 32.8 Å². The van der Waals surface area contributed by atoms with E-state index in [1.807, 2.05) is 46.1 Å². The molecule has 32 heavy (non-hydrogen) atoms. The maximum absolute atomic E-state index is 5.68. The third kappa shape index (κ3) is 11.2. The number of ether oxygens (including phenoxy) is 3. The topological polar surface area (TPSA) is 30.9 Å². The second-order valence-corrected chi connectivity index (χ2v) is 7.31. The molecule has 0 amide bonds. The average molecular weight is 440 g/mol. The zero-order chi connectivity index (χ0) is 23.6. The summed E-state index contributed by atoms with van der Waals surface area (Å²) in [6.45, 7) is 11.4. The Morgan fingerprint density at radius 2 is 1.28 bits per heavy atom. The SMILES string of the molecule is CC.CCCOCCOCCOc1ccc2ccccc2c1.Cc1ccc(N(C)C)cc1. The minimum absolute atomic E-state index is 0.562. The first kappa shape index (κ1) is 27.5. The molecular weight excluding hydrogens is 398 g/mol. The van der Waals surface area contributed by atoms with E-state index in [1.165, 1.54) is 22.0 Å². The number of nitrogens with zero attached hydrogens (tertiary/aromatic N) is 1. The van der Waals surface area contributed by atoms with Gasteiger partial charge in [0.1, 0.15) is 12.4 Å². The van der Waals surface area contributed by atoms with Crippen LogP contribution in [0.3, 0.4) is 0 Å². The van der Waals surface area contributed by atoms with Gasteiger partial charge in [-0.2, -0.15) is 0 Å². The Labute approximate surface area is 195 Å². The van der Waals surface area contributed by atoms with Crippen LogP contribution in [-0.2, 0) is 9.47 Å². The lowest BCUT2D eigenvalue weighted by Crippen LogP contribution is -2.11. The number of hydrogen-bond donors (Lipinski definition) is 0. The van der Waals surface area contributed by atoms with Gasteiger partial charge in [0.2, 0.25) is 0 Å². The van der Waals surface area contributed by atoms with Gasteiger partial charge in [0.25, 0.3) is 0 Å². The maximum atomic E-state index is 5.68. The van der Waals surface area contributed by atoms with Crippen LogP contribution in [0.2, 0.25) is 0 Å². The molecule has 0 aliphatic heterocycles. The van der Waals surface area contributed by atoms with Crippen LogP contribution >= 0.6 is 0 Å². The Morgan fingerprint density at radius 3 is 1.91 bits per heavy atom. The molecule has 0 aliphatic rings. The highest BCUT2D eigenvalue weighted by atomic mass is 16.5. The highest BCUT2D eigenvalue weighted by Gasteiger charge is 1.97. The minimum Gasteiger partial charge on any atom is -0.491 e. The van der Waals surface area contributed by atoms with E-state index in [4.69, 9.17) is 14.2 Å². The second-order valence-electron chi connectivity index (χ2n) is 7.31. The van der Waals surface area contributed by atoms with Crippen LogP contribution in [0.5, 0.6) is 5.75 Å². The number of hydrogen-bond acceptors (Lipinski definition) is 4. The van der Waals surface area contributed by atoms with Gasteiger partial charge in [-0.05, 0) is 48.4 Å². The van der Waals surface area contributed by atoms with Crippen molar-refractivity contribution < 1.29 is 14.2 Å². The molecule has 0 bridgehead atoms. The number of fused-ring (bicyclic) bond motifs is 1. The molecule has 0 aliphatic carbocycles. The largest absolute Gasteiger partial charge is 0.491 e. The Morgan fingerprint density at radius 1 is 0.688 bits per heavy atom. The van der Waals surface area contributed by atoms with Crippen molar-refractivity contribution in [2.45, 2.75) is 34.1 Å². The second kappa shape index (κ2) is 17.0. The van der Waals surface area contributed by atoms with Crippen molar-refractivity contribution in [3.63, 3.8) is 0 Å². The fourth-order valence-corrected chi connectivity index (χ4v) is 2.78. The van der Waals surface area contributed by atoms with Crippen LogP contribution in [0.25, 0.3) is 10.8 Å². The van der Waals surface area contributed by atoms with E-state index in [0.29, 0.717) is 26.4 Å². The first-order chi connectivity index (χ1) is 15.6. The molecule has 3 aromatic rings. The molecule has 0 fully saturated rings. The van der Waals surface area contributed by atoms with Crippen LogP contribution in [-0.4, -0.2) is 47.1 Å². The minimum atomic E-state index is 0.562. The van der Waals surface area contributed by atoms with Gasteiger partial charge in [-0.3, -0.25) is 0 Å². The zero-order valence-electron chi connectivity index (χ0n) is 20.8. The predicted octanol–water partition coefficient (Wildman–Crippen LogP) is 6.75. The van der Waals surface area contributed by atoms with E-state index in [1.54, 1.807) is 0 Å². The van der Waals surface area contributed by atoms with Gasteiger partial charge in [-0.25, -0.2) is 0 Å². The van der Waals surface area contributed by atoms with Gasteiger partial charge < -0.3 is 19.1 Å². The van der Waals surface area contributed by atoms with E-state index in [2.05, 4.69) is 67.3 Å². The lowest BCUT2D eigenvalue weighted by atomic mass is 10.1. The van der Waals surface area contributed by atoms with Gasteiger partial charge in [0.15, 0.2) is 0 Å². The molecule has 4 heteroatoms. The Hall–Kier alpha value is -2.56. The van der Waals surface area contributed by atoms with E-state index < -0.39 is 0 Å². The zero-order valence-corrected chi connectivity index (χ0v) is 20.8. The molecule has 0 heterocycles. The molecule has 0 aromatic heterocycles. The molecule has 0 radical (unpaired) electrons. The quantitative estimate of drug-likeness (QED) is 0.327. The number of anilines is 1. The maximum Gasteiger partial charge on any atom is 0.120 e. The van der Waals surface area contributed by atoms with Crippen molar-refractivity contribution >= 4 is 16.5 Å². The van der Waals surface area contributed by atoms with Gasteiger partial charge in [0, 0.05) is 26.4 Å². The summed E-state index contributed by atoms with van der Waals surface area (Å²) < 4.78 is 16.4. The highest BCUT2D eigenvalue weighted by molar-refractivity contribution is 5.83. The van der Waals surface area contributed by atoms with Crippen LogP contribution in [0, 0.1) is 6.92 Å². The monoisotopic (exact) mass is 439 g/mol. The summed E-state index contributed by atoms with van der Waals surface area (Å²) in [5.74, 6) is 0.884. The normalized spacial score (nSPS) is 9.94. The Balaban J connectivity index is 0.000000358. The molecule has 0 N–H and O–H groups in total. The fourth-order valence-electron chi connectivity index (χ4n) is 2.78. The molecule has 176 valence electrons. The van der Waals surface area contributed by atoms with Gasteiger partial charge in [-0.1, -0.05) is 68.8 Å². The summed E-state index contributed by atoms with van der Waals surface area (Å²) in [6, 6.07) is 22.9. The van der Waals surface area contributed by atoms with Crippen molar-refractivity contribution in [3.8, 4) is 5.75 Å². The number of rotatable bonds is 10. The van der Waals surface area contributed by atoms with E-state index >= 15 is 0 Å². The van der Waals surface area contributed by atoms with Crippen LogP contribution < -0.4 is 9.64 Å². The number of benzene rings is 3. The summed E-state index contributed by atoms with van der Waals surface area (Å²) in [7, 11) is 4.09. The Bertz CT molecular complexity index is 847. The highest BCUT2D eigenvalue weighted by Crippen LogP contribution is 2.20. The third-order valence-corrected chi connectivity index (χ3v) is 4.49. The van der Waals surface area contributed by atoms with Gasteiger partial charge in [0.05, 0.1) is 19.8 Å². The van der Waals surface area contributed by atoms with E-state index in [-0.39, 0.29) is 0 Å². The van der Waals surface area contributed by atoms with Crippen molar-refractivity contribution in [1.82, 2.24) is 0 Å². The standard InChI is InChI=1S/C17H22O3.C9H13N.C2H6/c1-2-9-18-10-11-19-12-13-20-17-8-7-15-5-3-4-6-16(15)14-17;1-8-4-6-9(7-5-8)10(2)3;1-2/h3-8,14H,2,9-13H2,1H3;4-7H,1-3H3;1-2H3. The molecule has 4 nitrogen and oxygen atoms in total. The molecule has 0 saturated carbocycles. The lowest BCUT2D eigenvalue weighted by Gasteiger charge is -2.11. The first-order valence-electron chi connectivity index (χ1n) is 11.6. The van der Waals surface area contributed by atoms with Gasteiger partial charge >= 0.3 is 0 Å². The summed E-state index contributed by atoms with van der Waals surface area (Å²) in [5.41, 5.74) is 2.57. The summed E-state index contributed by atoms with van der Waals surface area (Å²) in [5, 5.41) is 2.42. The molecule has 0 unspecified atom stereocenters. The summed E-state index contributed by atoms with van der Waals surface area (Å²) in [6.07, 6.45) is 1.05. The van der Waals surface area contributed by atoms with Crippen molar-refractivity contribution in [1.29, 1.82) is 0 Å². The van der Waals surface area contributed by atoms with Crippen molar-refractivity contribution in [3.05, 3.63) is 72.3 Å².